The van der Waals surface area contributed by atoms with Gasteiger partial charge in [-0.05, 0) is 28.3 Å². The maximum atomic E-state index is 3.66. The molecule has 23 heavy (non-hydrogen) atoms. The molecule has 0 nitrogen and oxygen atoms in total. The van der Waals surface area contributed by atoms with E-state index in [9.17, 15) is 0 Å². The van der Waals surface area contributed by atoms with Crippen LogP contribution in [0.25, 0.3) is 24.3 Å². The number of hydrogen-bond acceptors (Lipinski definition) is 0. The fraction of sp³-hybridized carbons (Fsp3) is 0. The van der Waals surface area contributed by atoms with E-state index in [0.29, 0.717) is 0 Å². The smallest absolute Gasteiger partial charge is 0.0253 e. The molecule has 0 heterocycles. The van der Waals surface area contributed by atoms with Crippen molar-refractivity contribution in [3.05, 3.63) is 106 Å². The Bertz CT molecular complexity index is 815. The quantitative estimate of drug-likeness (QED) is 0.449. The standard InChI is InChI=1S/C22H17Br/c23-22-13-7-12-20(16-14-18-8-3-1-4-9-18)21(22)17-15-19-10-5-2-6-11-19/h1-17H. The van der Waals surface area contributed by atoms with Crippen molar-refractivity contribution in [1.82, 2.24) is 0 Å². The lowest BCUT2D eigenvalue weighted by molar-refractivity contribution is 1.56. The Balaban J connectivity index is 1.91. The van der Waals surface area contributed by atoms with Crippen molar-refractivity contribution in [1.29, 1.82) is 0 Å². The molecule has 0 bridgehead atoms. The predicted molar refractivity (Wildman–Crippen MR) is 105 cm³/mol. The zero-order valence-electron chi connectivity index (χ0n) is 12.7. The van der Waals surface area contributed by atoms with Crippen LogP contribution in [0, 0.1) is 0 Å². The third-order valence-corrected chi connectivity index (χ3v) is 4.28. The lowest BCUT2D eigenvalue weighted by Crippen LogP contribution is -1.83. The molecular formula is C22H17Br. The van der Waals surface area contributed by atoms with Gasteiger partial charge in [0.15, 0.2) is 0 Å². The van der Waals surface area contributed by atoms with Crippen LogP contribution in [0.3, 0.4) is 0 Å². The van der Waals surface area contributed by atoms with Crippen LogP contribution in [-0.2, 0) is 0 Å². The molecule has 1 heteroatoms. The van der Waals surface area contributed by atoms with Crippen LogP contribution < -0.4 is 0 Å². The Kier molecular flexibility index (Phi) is 5.23. The van der Waals surface area contributed by atoms with Gasteiger partial charge < -0.3 is 0 Å². The van der Waals surface area contributed by atoms with E-state index in [-0.39, 0.29) is 0 Å². The highest BCUT2D eigenvalue weighted by Crippen LogP contribution is 2.25. The van der Waals surface area contributed by atoms with Gasteiger partial charge in [-0.15, -0.1) is 0 Å². The van der Waals surface area contributed by atoms with E-state index < -0.39 is 0 Å². The maximum absolute atomic E-state index is 3.66. The molecule has 0 saturated heterocycles. The van der Waals surface area contributed by atoms with Gasteiger partial charge >= 0.3 is 0 Å². The van der Waals surface area contributed by atoms with Crippen molar-refractivity contribution in [2.24, 2.45) is 0 Å². The zero-order valence-corrected chi connectivity index (χ0v) is 14.3. The summed E-state index contributed by atoms with van der Waals surface area (Å²) in [6.45, 7) is 0. The molecule has 0 atom stereocenters. The molecule has 3 rings (SSSR count). The summed E-state index contributed by atoms with van der Waals surface area (Å²) in [5, 5.41) is 0. The molecule has 0 amide bonds. The lowest BCUT2D eigenvalue weighted by Gasteiger charge is -2.04. The molecule has 0 aliphatic rings. The highest BCUT2D eigenvalue weighted by molar-refractivity contribution is 9.10. The minimum atomic E-state index is 1.10. The normalized spacial score (nSPS) is 11.3. The Hall–Kier alpha value is -2.38. The fourth-order valence-electron chi connectivity index (χ4n) is 2.37. The van der Waals surface area contributed by atoms with Crippen LogP contribution in [-0.4, -0.2) is 0 Å². The topological polar surface area (TPSA) is 0 Å². The molecule has 0 N–H and O–H groups in total. The molecule has 0 radical (unpaired) electrons. The van der Waals surface area contributed by atoms with Gasteiger partial charge in [-0.1, -0.05) is 113 Å². The first-order valence-corrected chi connectivity index (χ1v) is 8.37. The average molecular weight is 361 g/mol. The first-order chi connectivity index (χ1) is 11.3. The molecule has 0 unspecified atom stereocenters. The van der Waals surface area contributed by atoms with E-state index in [1.807, 2.05) is 12.1 Å². The minimum absolute atomic E-state index is 1.10. The van der Waals surface area contributed by atoms with Gasteiger partial charge in [0.05, 0.1) is 0 Å². The van der Waals surface area contributed by atoms with Crippen LogP contribution in [0.15, 0.2) is 83.3 Å². The minimum Gasteiger partial charge on any atom is -0.0622 e. The van der Waals surface area contributed by atoms with E-state index in [0.717, 1.165) is 4.47 Å². The molecule has 0 spiro atoms. The third kappa shape index (κ3) is 4.30. The summed E-state index contributed by atoms with van der Waals surface area (Å²) in [5.74, 6) is 0. The van der Waals surface area contributed by atoms with Crippen LogP contribution in [0.1, 0.15) is 22.3 Å². The van der Waals surface area contributed by atoms with Crippen LogP contribution in [0.5, 0.6) is 0 Å². The molecule has 0 saturated carbocycles. The van der Waals surface area contributed by atoms with Gasteiger partial charge in [0.25, 0.3) is 0 Å². The second-order valence-electron chi connectivity index (χ2n) is 5.23. The monoisotopic (exact) mass is 360 g/mol. The summed E-state index contributed by atoms with van der Waals surface area (Å²) in [4.78, 5) is 0. The third-order valence-electron chi connectivity index (χ3n) is 3.58. The molecule has 0 aliphatic heterocycles. The Morgan fingerprint density at radius 1 is 0.522 bits per heavy atom. The maximum Gasteiger partial charge on any atom is 0.0253 e. The summed E-state index contributed by atoms with van der Waals surface area (Å²) < 4.78 is 1.10. The largest absolute Gasteiger partial charge is 0.0622 e. The first-order valence-electron chi connectivity index (χ1n) is 7.58. The van der Waals surface area contributed by atoms with Crippen LogP contribution >= 0.6 is 15.9 Å². The fourth-order valence-corrected chi connectivity index (χ4v) is 2.88. The zero-order chi connectivity index (χ0) is 15.9. The number of hydrogen-bond donors (Lipinski definition) is 0. The lowest BCUT2D eigenvalue weighted by atomic mass is 10.0. The van der Waals surface area contributed by atoms with Gasteiger partial charge in [-0.25, -0.2) is 0 Å². The van der Waals surface area contributed by atoms with Crippen molar-refractivity contribution >= 4 is 40.2 Å². The van der Waals surface area contributed by atoms with Crippen molar-refractivity contribution in [3.63, 3.8) is 0 Å². The molecule has 3 aromatic rings. The number of halogens is 1. The molecule has 112 valence electrons. The van der Waals surface area contributed by atoms with Crippen molar-refractivity contribution < 1.29 is 0 Å². The molecule has 0 aliphatic carbocycles. The van der Waals surface area contributed by atoms with Crippen LogP contribution in [0.2, 0.25) is 0 Å². The van der Waals surface area contributed by atoms with Crippen molar-refractivity contribution in [2.45, 2.75) is 0 Å². The Morgan fingerprint density at radius 3 is 1.70 bits per heavy atom. The van der Waals surface area contributed by atoms with Crippen molar-refractivity contribution in [3.8, 4) is 0 Å². The van der Waals surface area contributed by atoms with E-state index in [2.05, 4.69) is 107 Å². The molecule has 0 fully saturated rings. The molecule has 3 aromatic carbocycles. The van der Waals surface area contributed by atoms with E-state index in [1.165, 1.54) is 22.3 Å². The summed E-state index contributed by atoms with van der Waals surface area (Å²) in [6, 6.07) is 27.0. The second-order valence-corrected chi connectivity index (χ2v) is 6.09. The predicted octanol–water partition coefficient (Wildman–Crippen LogP) is 6.79. The van der Waals surface area contributed by atoms with Crippen LogP contribution in [0.4, 0.5) is 0 Å². The van der Waals surface area contributed by atoms with Gasteiger partial charge in [0.2, 0.25) is 0 Å². The Labute approximate surface area is 145 Å². The Morgan fingerprint density at radius 2 is 1.09 bits per heavy atom. The van der Waals surface area contributed by atoms with Crippen molar-refractivity contribution in [2.75, 3.05) is 0 Å². The summed E-state index contributed by atoms with van der Waals surface area (Å²) in [6.07, 6.45) is 8.59. The summed E-state index contributed by atoms with van der Waals surface area (Å²) in [5.41, 5.74) is 4.77. The number of benzene rings is 3. The highest BCUT2D eigenvalue weighted by Gasteiger charge is 2.01. The SMILES string of the molecule is Brc1cccc(C=Cc2ccccc2)c1C=Cc1ccccc1. The summed E-state index contributed by atoms with van der Waals surface area (Å²) >= 11 is 3.66. The van der Waals surface area contributed by atoms with E-state index >= 15 is 0 Å². The number of rotatable bonds is 4. The van der Waals surface area contributed by atoms with E-state index in [1.54, 1.807) is 0 Å². The highest BCUT2D eigenvalue weighted by atomic mass is 79.9. The second kappa shape index (κ2) is 7.75. The van der Waals surface area contributed by atoms with Gasteiger partial charge in [0, 0.05) is 4.47 Å². The molecule has 0 aromatic heterocycles. The summed E-state index contributed by atoms with van der Waals surface area (Å²) in [7, 11) is 0. The van der Waals surface area contributed by atoms with Gasteiger partial charge in [0.1, 0.15) is 0 Å². The van der Waals surface area contributed by atoms with Gasteiger partial charge in [-0.3, -0.25) is 0 Å². The molecular weight excluding hydrogens is 344 g/mol. The average Bonchev–Trinajstić information content (AvgIpc) is 2.61. The first kappa shape index (κ1) is 15.5. The van der Waals surface area contributed by atoms with E-state index in [4.69, 9.17) is 0 Å². The van der Waals surface area contributed by atoms with Gasteiger partial charge in [-0.2, -0.15) is 0 Å².